The first-order valence-electron chi connectivity index (χ1n) is 5.32. The summed E-state index contributed by atoms with van der Waals surface area (Å²) in [6.07, 6.45) is -0.153. The van der Waals surface area contributed by atoms with E-state index in [9.17, 15) is 9.90 Å². The molecule has 1 unspecified atom stereocenters. The zero-order valence-corrected chi connectivity index (χ0v) is 9.92. The summed E-state index contributed by atoms with van der Waals surface area (Å²) in [5.74, 6) is 0.502. The van der Waals surface area contributed by atoms with E-state index in [0.29, 0.717) is 5.56 Å². The predicted molar refractivity (Wildman–Crippen MR) is 62.5 cm³/mol. The van der Waals surface area contributed by atoms with Crippen molar-refractivity contribution >= 4 is 17.7 Å². The van der Waals surface area contributed by atoms with E-state index in [1.54, 1.807) is 13.0 Å². The summed E-state index contributed by atoms with van der Waals surface area (Å²) in [7, 11) is 0. The number of hydrogen-bond donors (Lipinski definition) is 1. The summed E-state index contributed by atoms with van der Waals surface area (Å²) in [5, 5.41) is 9.77. The van der Waals surface area contributed by atoms with E-state index in [1.807, 2.05) is 23.9 Å². The minimum Gasteiger partial charge on any atom is -0.464 e. The summed E-state index contributed by atoms with van der Waals surface area (Å²) in [4.78, 5) is 12.6. The van der Waals surface area contributed by atoms with Crippen molar-refractivity contribution in [3.05, 3.63) is 29.3 Å². The number of esters is 1. The maximum atomic E-state index is 11.4. The second-order valence-electron chi connectivity index (χ2n) is 3.62. The van der Waals surface area contributed by atoms with Gasteiger partial charge in [-0.25, -0.2) is 4.79 Å². The second-order valence-corrected chi connectivity index (χ2v) is 4.76. The summed E-state index contributed by atoms with van der Waals surface area (Å²) < 4.78 is 4.78. The van der Waals surface area contributed by atoms with Crippen LogP contribution >= 0.6 is 11.8 Å². The van der Waals surface area contributed by atoms with Crippen LogP contribution in [-0.4, -0.2) is 23.4 Å². The molecule has 0 fully saturated rings. The fourth-order valence-corrected chi connectivity index (χ4v) is 2.79. The Morgan fingerprint density at radius 2 is 2.44 bits per heavy atom. The van der Waals surface area contributed by atoms with Crippen molar-refractivity contribution in [2.45, 2.75) is 24.3 Å². The van der Waals surface area contributed by atoms with Gasteiger partial charge in [-0.3, -0.25) is 0 Å². The van der Waals surface area contributed by atoms with Crippen molar-refractivity contribution < 1.29 is 14.6 Å². The molecule has 0 bridgehead atoms. The summed E-state index contributed by atoms with van der Waals surface area (Å²) in [5.41, 5.74) is 1.84. The number of ether oxygens (including phenoxy) is 1. The first-order chi connectivity index (χ1) is 7.72. The third kappa shape index (κ3) is 2.23. The Morgan fingerprint density at radius 1 is 1.62 bits per heavy atom. The van der Waals surface area contributed by atoms with Gasteiger partial charge in [0.05, 0.1) is 6.61 Å². The van der Waals surface area contributed by atoms with Crippen LogP contribution in [0, 0.1) is 0 Å². The molecule has 0 amide bonds. The van der Waals surface area contributed by atoms with Crippen molar-refractivity contribution in [2.75, 3.05) is 12.4 Å². The van der Waals surface area contributed by atoms with Gasteiger partial charge < -0.3 is 9.84 Å². The van der Waals surface area contributed by atoms with Crippen molar-refractivity contribution in [3.63, 3.8) is 0 Å². The molecule has 16 heavy (non-hydrogen) atoms. The van der Waals surface area contributed by atoms with E-state index in [0.717, 1.165) is 12.2 Å². The van der Waals surface area contributed by atoms with Crippen LogP contribution in [0.1, 0.15) is 24.2 Å². The number of thioether (sulfide) groups is 1. The average Bonchev–Trinajstić information content (AvgIpc) is 2.75. The van der Waals surface area contributed by atoms with Gasteiger partial charge in [0.25, 0.3) is 0 Å². The third-order valence-corrected chi connectivity index (χ3v) is 3.66. The summed E-state index contributed by atoms with van der Waals surface area (Å²) >= 11 is 1.81. The molecule has 0 saturated heterocycles. The monoisotopic (exact) mass is 238 g/mol. The highest BCUT2D eigenvalue weighted by atomic mass is 32.2. The van der Waals surface area contributed by atoms with Gasteiger partial charge in [0.15, 0.2) is 6.10 Å². The van der Waals surface area contributed by atoms with E-state index in [2.05, 4.69) is 0 Å². The molecule has 0 radical (unpaired) electrons. The molecule has 1 aromatic rings. The first-order valence-corrected chi connectivity index (χ1v) is 6.31. The Kier molecular flexibility index (Phi) is 3.51. The van der Waals surface area contributed by atoms with Crippen molar-refractivity contribution in [1.82, 2.24) is 0 Å². The number of aliphatic hydroxyl groups excluding tert-OH is 1. The van der Waals surface area contributed by atoms with Crippen LogP contribution in [0.25, 0.3) is 0 Å². The van der Waals surface area contributed by atoms with E-state index >= 15 is 0 Å². The maximum absolute atomic E-state index is 11.4. The summed E-state index contributed by atoms with van der Waals surface area (Å²) in [6.45, 7) is 2.01. The highest BCUT2D eigenvalue weighted by Crippen LogP contribution is 2.33. The number of carbonyl (C=O) groups is 1. The van der Waals surface area contributed by atoms with E-state index in [4.69, 9.17) is 4.74 Å². The van der Waals surface area contributed by atoms with Crippen LogP contribution in [0.5, 0.6) is 0 Å². The van der Waals surface area contributed by atoms with Crippen molar-refractivity contribution in [1.29, 1.82) is 0 Å². The average molecular weight is 238 g/mol. The van der Waals surface area contributed by atoms with Crippen LogP contribution in [0.3, 0.4) is 0 Å². The lowest BCUT2D eigenvalue weighted by atomic mass is 10.0. The van der Waals surface area contributed by atoms with Crippen molar-refractivity contribution in [2.24, 2.45) is 0 Å². The molecule has 86 valence electrons. The Bertz CT molecular complexity index is 403. The maximum Gasteiger partial charge on any atom is 0.339 e. The lowest BCUT2D eigenvalue weighted by molar-refractivity contribution is -0.153. The van der Waals surface area contributed by atoms with Crippen LogP contribution in [-0.2, 0) is 16.0 Å². The molecule has 3 nitrogen and oxygen atoms in total. The van der Waals surface area contributed by atoms with Gasteiger partial charge in [0.2, 0.25) is 0 Å². The zero-order valence-electron chi connectivity index (χ0n) is 9.10. The molecule has 0 aliphatic carbocycles. The number of hydrogen-bond acceptors (Lipinski definition) is 4. The Labute approximate surface area is 98.8 Å². The fraction of sp³-hybridized carbons (Fsp3) is 0.417. The topological polar surface area (TPSA) is 46.5 Å². The molecule has 0 aromatic heterocycles. The van der Waals surface area contributed by atoms with Gasteiger partial charge in [0.1, 0.15) is 0 Å². The minimum absolute atomic E-state index is 0.288. The van der Waals surface area contributed by atoms with Gasteiger partial charge in [0, 0.05) is 10.6 Å². The molecule has 1 aliphatic heterocycles. The molecule has 1 aliphatic rings. The fourth-order valence-electron chi connectivity index (χ4n) is 1.73. The van der Waals surface area contributed by atoms with Gasteiger partial charge in [-0.1, -0.05) is 12.1 Å². The molecule has 0 saturated carbocycles. The van der Waals surface area contributed by atoms with Crippen molar-refractivity contribution in [3.8, 4) is 0 Å². The standard InChI is InChI=1S/C12H14O3S/c1-2-15-12(14)11(13)9-3-4-10-8(7-9)5-6-16-10/h3-4,7,11,13H,2,5-6H2,1H3. The van der Waals surface area contributed by atoms with Crippen LogP contribution in [0.4, 0.5) is 0 Å². The van der Waals surface area contributed by atoms with E-state index < -0.39 is 12.1 Å². The van der Waals surface area contributed by atoms with Crippen LogP contribution in [0.15, 0.2) is 23.1 Å². The second kappa shape index (κ2) is 4.89. The summed E-state index contributed by atoms with van der Waals surface area (Å²) in [6, 6.07) is 5.65. The smallest absolute Gasteiger partial charge is 0.339 e. The lowest BCUT2D eigenvalue weighted by Crippen LogP contribution is -2.15. The molecule has 4 heteroatoms. The Balaban J connectivity index is 2.18. The molecular weight excluding hydrogens is 224 g/mol. The number of aryl methyl sites for hydroxylation is 1. The normalized spacial score (nSPS) is 15.6. The first kappa shape index (κ1) is 11.5. The highest BCUT2D eigenvalue weighted by Gasteiger charge is 2.21. The highest BCUT2D eigenvalue weighted by molar-refractivity contribution is 7.99. The quantitative estimate of drug-likeness (QED) is 0.817. The molecule has 1 atom stereocenters. The molecule has 2 rings (SSSR count). The zero-order chi connectivity index (χ0) is 11.5. The van der Waals surface area contributed by atoms with Crippen LogP contribution in [0.2, 0.25) is 0 Å². The van der Waals surface area contributed by atoms with Gasteiger partial charge >= 0.3 is 5.97 Å². The van der Waals surface area contributed by atoms with E-state index in [1.165, 1.54) is 10.5 Å². The molecule has 1 heterocycles. The molecule has 1 aromatic carbocycles. The number of benzene rings is 1. The number of rotatable bonds is 3. The third-order valence-electron chi connectivity index (χ3n) is 2.54. The minimum atomic E-state index is -1.16. The molecular formula is C12H14O3S. The Morgan fingerprint density at radius 3 is 3.19 bits per heavy atom. The largest absolute Gasteiger partial charge is 0.464 e. The van der Waals surface area contributed by atoms with E-state index in [-0.39, 0.29) is 6.61 Å². The molecule has 1 N–H and O–H groups in total. The number of carbonyl (C=O) groups excluding carboxylic acids is 1. The van der Waals surface area contributed by atoms with Gasteiger partial charge in [-0.05, 0) is 30.5 Å². The van der Waals surface area contributed by atoms with Crippen LogP contribution < -0.4 is 0 Å². The number of aliphatic hydroxyl groups is 1. The predicted octanol–water partition coefficient (Wildman–Crippen LogP) is 1.93. The number of fused-ring (bicyclic) bond motifs is 1. The lowest BCUT2D eigenvalue weighted by Gasteiger charge is -2.11. The Hall–Kier alpha value is -1.00. The van der Waals surface area contributed by atoms with Gasteiger partial charge in [-0.15, -0.1) is 11.8 Å². The van der Waals surface area contributed by atoms with Gasteiger partial charge in [-0.2, -0.15) is 0 Å². The SMILES string of the molecule is CCOC(=O)C(O)c1ccc2c(c1)CCS2. The molecule has 0 spiro atoms.